The van der Waals surface area contributed by atoms with E-state index in [1.165, 1.54) is 16.7 Å². The first-order chi connectivity index (χ1) is 13.5. The van der Waals surface area contributed by atoms with Gasteiger partial charge in [-0.15, -0.1) is 15.3 Å². The molecule has 0 aliphatic carbocycles. The highest BCUT2D eigenvalue weighted by Crippen LogP contribution is 2.41. The molecule has 0 radical (unpaired) electrons. The average molecular weight is 373 g/mol. The highest BCUT2D eigenvalue weighted by Gasteiger charge is 2.33. The van der Waals surface area contributed by atoms with E-state index < -0.39 is 0 Å². The van der Waals surface area contributed by atoms with Gasteiger partial charge in [0.25, 0.3) is 0 Å². The summed E-state index contributed by atoms with van der Waals surface area (Å²) in [6.07, 6.45) is 1.95. The molecular formula is C20H19N7O. The number of amides is 1. The molecule has 1 N–H and O–H groups in total. The van der Waals surface area contributed by atoms with Gasteiger partial charge in [0.05, 0.1) is 5.69 Å². The van der Waals surface area contributed by atoms with Crippen LogP contribution in [0.5, 0.6) is 0 Å². The Balaban J connectivity index is 1.70. The number of hydrogen-bond donors (Lipinski definition) is 1. The van der Waals surface area contributed by atoms with E-state index in [1.807, 2.05) is 19.1 Å². The van der Waals surface area contributed by atoms with Crippen LogP contribution in [-0.4, -0.2) is 35.5 Å². The Hall–Kier alpha value is -3.55. The minimum atomic E-state index is -0.0314. The minimum absolute atomic E-state index is 0.0232. The first kappa shape index (κ1) is 16.6. The Bertz CT molecular complexity index is 1240. The van der Waals surface area contributed by atoms with Crippen molar-refractivity contribution in [1.82, 2.24) is 29.6 Å². The standard InChI is InChI=1S/C20H19N7O/c1-11-4-5-12(2)14(8-11)15-9-18(28)22-20-19(15)13(3)24-27(20)17-7-6-16-23-21-10-26(16)25-17/h4-8,10,15H,9H2,1-3H3,(H,22,28)/t15-/m0/s1. The lowest BCUT2D eigenvalue weighted by molar-refractivity contribution is -0.116. The fourth-order valence-corrected chi connectivity index (χ4v) is 3.95. The SMILES string of the molecule is Cc1ccc(C)c([C@@H]2CC(=O)Nc3c2c(C)nn3-c2ccc3nncn3n2)c1. The molecule has 28 heavy (non-hydrogen) atoms. The highest BCUT2D eigenvalue weighted by molar-refractivity contribution is 5.95. The molecule has 0 saturated heterocycles. The summed E-state index contributed by atoms with van der Waals surface area (Å²) in [6.45, 7) is 6.13. The van der Waals surface area contributed by atoms with Gasteiger partial charge >= 0.3 is 0 Å². The molecule has 140 valence electrons. The van der Waals surface area contributed by atoms with Crippen LogP contribution in [0.4, 0.5) is 5.82 Å². The van der Waals surface area contributed by atoms with Crippen molar-refractivity contribution < 1.29 is 4.79 Å². The number of nitrogens with zero attached hydrogens (tertiary/aromatic N) is 6. The molecule has 1 aromatic carbocycles. The van der Waals surface area contributed by atoms with E-state index in [0.717, 1.165) is 11.3 Å². The van der Waals surface area contributed by atoms with Crippen LogP contribution in [0.2, 0.25) is 0 Å². The lowest BCUT2D eigenvalue weighted by Crippen LogP contribution is -2.25. The number of benzene rings is 1. The molecule has 1 amide bonds. The Kier molecular flexibility index (Phi) is 3.55. The number of aromatic nitrogens is 6. The van der Waals surface area contributed by atoms with Gasteiger partial charge in [0, 0.05) is 17.9 Å². The molecule has 0 saturated carbocycles. The van der Waals surface area contributed by atoms with Gasteiger partial charge in [-0.2, -0.15) is 14.3 Å². The second-order valence-corrected chi connectivity index (χ2v) is 7.25. The molecule has 0 bridgehead atoms. The zero-order valence-electron chi connectivity index (χ0n) is 15.8. The predicted octanol–water partition coefficient (Wildman–Crippen LogP) is 2.71. The van der Waals surface area contributed by atoms with Crippen LogP contribution in [-0.2, 0) is 4.79 Å². The zero-order chi connectivity index (χ0) is 19.4. The first-order valence-electron chi connectivity index (χ1n) is 9.15. The van der Waals surface area contributed by atoms with E-state index in [-0.39, 0.29) is 11.8 Å². The number of rotatable bonds is 2. The van der Waals surface area contributed by atoms with E-state index in [2.05, 4.69) is 52.7 Å². The van der Waals surface area contributed by atoms with Crippen LogP contribution in [0.25, 0.3) is 11.5 Å². The molecule has 5 rings (SSSR count). The normalized spacial score (nSPS) is 16.2. The molecule has 1 aliphatic rings. The monoisotopic (exact) mass is 373 g/mol. The first-order valence-corrected chi connectivity index (χ1v) is 9.15. The Morgan fingerprint density at radius 1 is 1.11 bits per heavy atom. The third kappa shape index (κ3) is 2.49. The largest absolute Gasteiger partial charge is 0.310 e. The maximum absolute atomic E-state index is 12.6. The lowest BCUT2D eigenvalue weighted by atomic mass is 9.83. The van der Waals surface area contributed by atoms with Crippen LogP contribution in [0.3, 0.4) is 0 Å². The minimum Gasteiger partial charge on any atom is -0.310 e. The third-order valence-corrected chi connectivity index (χ3v) is 5.28. The molecule has 1 aliphatic heterocycles. The number of fused-ring (bicyclic) bond motifs is 2. The van der Waals surface area contributed by atoms with Gasteiger partial charge in [-0.1, -0.05) is 23.8 Å². The number of hydrogen-bond acceptors (Lipinski definition) is 5. The van der Waals surface area contributed by atoms with Gasteiger partial charge in [0.15, 0.2) is 11.5 Å². The third-order valence-electron chi connectivity index (χ3n) is 5.28. The topological polar surface area (TPSA) is 90.0 Å². The van der Waals surface area contributed by atoms with Crippen LogP contribution in [0, 0.1) is 20.8 Å². The molecule has 3 aromatic heterocycles. The van der Waals surface area contributed by atoms with E-state index in [9.17, 15) is 4.79 Å². The summed E-state index contributed by atoms with van der Waals surface area (Å²) in [5.41, 5.74) is 6.09. The van der Waals surface area contributed by atoms with Crippen molar-refractivity contribution in [2.45, 2.75) is 33.1 Å². The van der Waals surface area contributed by atoms with Crippen LogP contribution in [0.15, 0.2) is 36.7 Å². The predicted molar refractivity (Wildman–Crippen MR) is 104 cm³/mol. The van der Waals surface area contributed by atoms with Gasteiger partial charge in [-0.05, 0) is 44.0 Å². The Morgan fingerprint density at radius 2 is 1.96 bits per heavy atom. The second-order valence-electron chi connectivity index (χ2n) is 7.25. The number of nitrogens with one attached hydrogen (secondary N) is 1. The van der Waals surface area contributed by atoms with Crippen molar-refractivity contribution in [2.75, 3.05) is 5.32 Å². The summed E-state index contributed by atoms with van der Waals surface area (Å²) in [7, 11) is 0. The summed E-state index contributed by atoms with van der Waals surface area (Å²) in [4.78, 5) is 12.6. The Morgan fingerprint density at radius 3 is 2.82 bits per heavy atom. The number of aryl methyl sites for hydroxylation is 3. The second kappa shape index (κ2) is 5.98. The van der Waals surface area contributed by atoms with Crippen molar-refractivity contribution in [3.63, 3.8) is 0 Å². The van der Waals surface area contributed by atoms with Crippen LogP contribution < -0.4 is 5.32 Å². The maximum Gasteiger partial charge on any atom is 0.226 e. The molecule has 4 aromatic rings. The summed E-state index contributed by atoms with van der Waals surface area (Å²) < 4.78 is 3.28. The van der Waals surface area contributed by atoms with Gasteiger partial charge in [0.1, 0.15) is 12.1 Å². The highest BCUT2D eigenvalue weighted by atomic mass is 16.1. The van der Waals surface area contributed by atoms with Crippen LogP contribution >= 0.6 is 0 Å². The van der Waals surface area contributed by atoms with Crippen molar-refractivity contribution in [2.24, 2.45) is 0 Å². The average Bonchev–Trinajstić information content (AvgIpc) is 3.27. The van der Waals surface area contributed by atoms with Crippen molar-refractivity contribution in [3.05, 3.63) is 64.6 Å². The van der Waals surface area contributed by atoms with Crippen molar-refractivity contribution in [1.29, 1.82) is 0 Å². The van der Waals surface area contributed by atoms with Gasteiger partial charge in [-0.25, -0.2) is 0 Å². The van der Waals surface area contributed by atoms with E-state index >= 15 is 0 Å². The molecule has 0 spiro atoms. The van der Waals surface area contributed by atoms with E-state index in [0.29, 0.717) is 23.7 Å². The van der Waals surface area contributed by atoms with Gasteiger partial charge in [0.2, 0.25) is 5.91 Å². The lowest BCUT2D eigenvalue weighted by Gasteiger charge is -2.25. The number of carbonyl (C=O) groups is 1. The maximum atomic E-state index is 12.6. The van der Waals surface area contributed by atoms with E-state index in [4.69, 9.17) is 5.10 Å². The van der Waals surface area contributed by atoms with E-state index in [1.54, 1.807) is 15.5 Å². The zero-order valence-corrected chi connectivity index (χ0v) is 15.8. The molecule has 0 unspecified atom stereocenters. The van der Waals surface area contributed by atoms with Gasteiger partial charge in [-0.3, -0.25) is 4.79 Å². The molecule has 4 heterocycles. The van der Waals surface area contributed by atoms with Crippen molar-refractivity contribution in [3.8, 4) is 5.82 Å². The van der Waals surface area contributed by atoms with Gasteiger partial charge < -0.3 is 5.32 Å². The fourth-order valence-electron chi connectivity index (χ4n) is 3.95. The molecule has 8 heteroatoms. The van der Waals surface area contributed by atoms with Crippen molar-refractivity contribution >= 4 is 17.4 Å². The number of anilines is 1. The number of carbonyl (C=O) groups excluding carboxylic acids is 1. The molecule has 8 nitrogen and oxygen atoms in total. The van der Waals surface area contributed by atoms with Crippen LogP contribution in [0.1, 0.15) is 40.3 Å². The molecule has 0 fully saturated rings. The summed E-state index contributed by atoms with van der Waals surface area (Å²) in [5.74, 6) is 1.22. The quantitative estimate of drug-likeness (QED) is 0.583. The summed E-state index contributed by atoms with van der Waals surface area (Å²) >= 11 is 0. The fraction of sp³-hybridized carbons (Fsp3) is 0.250. The Labute approximate surface area is 161 Å². The summed E-state index contributed by atoms with van der Waals surface area (Å²) in [6, 6.07) is 10.0. The summed E-state index contributed by atoms with van der Waals surface area (Å²) in [5, 5.41) is 20.1. The smallest absolute Gasteiger partial charge is 0.226 e. The molecule has 1 atom stereocenters. The molecular weight excluding hydrogens is 354 g/mol.